The molecule has 0 aliphatic rings. The number of hydrogen-bond acceptors (Lipinski definition) is 5. The lowest BCUT2D eigenvalue weighted by atomic mass is 10.0. The first-order chi connectivity index (χ1) is 37.5. The molecule has 454 valence electrons. The summed E-state index contributed by atoms with van der Waals surface area (Å²) in [6.07, 6.45) is 80.0. The van der Waals surface area contributed by atoms with Crippen molar-refractivity contribution in [2.45, 2.75) is 424 Å². The van der Waals surface area contributed by atoms with Crippen LogP contribution in [0, 0.1) is 0 Å². The second kappa shape index (κ2) is 66.4. The highest BCUT2D eigenvalue weighted by Crippen LogP contribution is 2.20. The first-order valence-electron chi connectivity index (χ1n) is 35.3. The van der Waals surface area contributed by atoms with Crippen LogP contribution in [0.4, 0.5) is 0 Å². The SMILES string of the molecule is CCCCCCCCCCCCCCCCCCCCCC(O)C(CO)NC(=O)CCCCCCCCCCCCCCCCCCCCCCCCCCOC(=O)CCCCCCCCCCCCCCCCCC. The largest absolute Gasteiger partial charge is 0.466 e. The van der Waals surface area contributed by atoms with E-state index in [1.54, 1.807) is 0 Å². The zero-order valence-corrected chi connectivity index (χ0v) is 52.0. The number of hydrogen-bond donors (Lipinski definition) is 3. The van der Waals surface area contributed by atoms with Crippen LogP contribution in [0.2, 0.25) is 0 Å². The minimum atomic E-state index is -0.663. The Bertz CT molecular complexity index is 1100. The molecular formula is C70H139NO5. The molecule has 2 atom stereocenters. The molecule has 0 aliphatic carbocycles. The second-order valence-electron chi connectivity index (χ2n) is 24.6. The quantitative estimate of drug-likeness (QED) is 0.0417. The van der Waals surface area contributed by atoms with Crippen molar-refractivity contribution in [1.82, 2.24) is 5.32 Å². The molecule has 0 aliphatic heterocycles. The summed E-state index contributed by atoms with van der Waals surface area (Å²) in [6, 6.07) is -0.540. The normalized spacial score (nSPS) is 12.4. The Hall–Kier alpha value is -1.14. The van der Waals surface area contributed by atoms with Crippen LogP contribution in [0.5, 0.6) is 0 Å². The van der Waals surface area contributed by atoms with Crippen molar-refractivity contribution >= 4 is 11.9 Å². The van der Waals surface area contributed by atoms with E-state index in [-0.39, 0.29) is 18.5 Å². The zero-order valence-electron chi connectivity index (χ0n) is 52.0. The smallest absolute Gasteiger partial charge is 0.305 e. The lowest BCUT2D eigenvalue weighted by Gasteiger charge is -2.22. The van der Waals surface area contributed by atoms with Crippen molar-refractivity contribution < 1.29 is 24.5 Å². The van der Waals surface area contributed by atoms with Gasteiger partial charge in [-0.25, -0.2) is 0 Å². The molecule has 0 rings (SSSR count). The van der Waals surface area contributed by atoms with Gasteiger partial charge >= 0.3 is 5.97 Å². The molecule has 2 unspecified atom stereocenters. The van der Waals surface area contributed by atoms with E-state index in [2.05, 4.69) is 19.2 Å². The number of unbranched alkanes of at least 4 members (excludes halogenated alkanes) is 56. The summed E-state index contributed by atoms with van der Waals surface area (Å²) < 4.78 is 5.50. The Kier molecular flexibility index (Phi) is 65.4. The maximum Gasteiger partial charge on any atom is 0.305 e. The molecule has 0 aromatic carbocycles. The molecule has 0 saturated carbocycles. The molecule has 0 saturated heterocycles. The van der Waals surface area contributed by atoms with E-state index in [0.717, 1.165) is 38.5 Å². The van der Waals surface area contributed by atoms with Gasteiger partial charge in [0.25, 0.3) is 0 Å². The fourth-order valence-corrected chi connectivity index (χ4v) is 11.5. The molecular weight excluding hydrogens is 935 g/mol. The van der Waals surface area contributed by atoms with Gasteiger partial charge in [0.1, 0.15) is 0 Å². The number of amides is 1. The van der Waals surface area contributed by atoms with E-state index in [1.165, 1.54) is 340 Å². The summed E-state index contributed by atoms with van der Waals surface area (Å²) in [7, 11) is 0. The molecule has 0 fully saturated rings. The molecule has 0 bridgehead atoms. The summed E-state index contributed by atoms with van der Waals surface area (Å²) in [6.45, 7) is 5.01. The Labute approximate surface area is 476 Å². The van der Waals surface area contributed by atoms with Gasteiger partial charge in [0, 0.05) is 12.8 Å². The van der Waals surface area contributed by atoms with Crippen LogP contribution in [0.3, 0.4) is 0 Å². The lowest BCUT2D eigenvalue weighted by molar-refractivity contribution is -0.143. The van der Waals surface area contributed by atoms with Crippen LogP contribution in [0.15, 0.2) is 0 Å². The topological polar surface area (TPSA) is 95.9 Å². The Morgan fingerprint density at radius 1 is 0.316 bits per heavy atom. The average Bonchev–Trinajstić information content (AvgIpc) is 3.42. The summed E-state index contributed by atoms with van der Waals surface area (Å²) in [4.78, 5) is 24.6. The van der Waals surface area contributed by atoms with Gasteiger partial charge in [-0.1, -0.05) is 373 Å². The second-order valence-corrected chi connectivity index (χ2v) is 24.6. The van der Waals surface area contributed by atoms with E-state index in [1.807, 2.05) is 0 Å². The van der Waals surface area contributed by atoms with Crippen LogP contribution in [0.1, 0.15) is 412 Å². The fourth-order valence-electron chi connectivity index (χ4n) is 11.5. The number of carbonyl (C=O) groups excluding carboxylic acids is 2. The number of ether oxygens (including phenoxy) is 1. The van der Waals surface area contributed by atoms with Gasteiger partial charge in [-0.05, 0) is 25.7 Å². The van der Waals surface area contributed by atoms with E-state index < -0.39 is 12.1 Å². The number of aliphatic hydroxyl groups is 2. The minimum Gasteiger partial charge on any atom is -0.466 e. The Morgan fingerprint density at radius 3 is 0.803 bits per heavy atom. The number of aliphatic hydroxyl groups excluding tert-OH is 2. The molecule has 6 nitrogen and oxygen atoms in total. The summed E-state index contributed by atoms with van der Waals surface area (Å²) in [5, 5.41) is 23.4. The molecule has 0 aromatic rings. The predicted octanol–water partition coefficient (Wildman–Crippen LogP) is 22.6. The average molecular weight is 1070 g/mol. The fraction of sp³-hybridized carbons (Fsp3) is 0.971. The van der Waals surface area contributed by atoms with Crippen molar-refractivity contribution in [3.05, 3.63) is 0 Å². The standard InChI is InChI=1S/C70H139NO5/c1-3-5-7-9-11-13-15-17-19-21-28-31-34-38-42-46-50-54-58-62-68(73)67(66-72)71-69(74)63-59-55-51-47-43-39-35-32-29-26-24-22-23-25-27-30-33-37-41-45-49-53-57-61-65-76-70(75)64-60-56-52-48-44-40-36-20-18-16-14-12-10-8-6-4-2/h67-68,72-73H,3-66H2,1-2H3,(H,71,74). The third-order valence-electron chi connectivity index (χ3n) is 16.9. The van der Waals surface area contributed by atoms with Crippen LogP contribution >= 0.6 is 0 Å². The number of esters is 1. The van der Waals surface area contributed by atoms with Gasteiger partial charge in [0.2, 0.25) is 5.91 Å². The lowest BCUT2D eigenvalue weighted by Crippen LogP contribution is -2.45. The van der Waals surface area contributed by atoms with E-state index >= 15 is 0 Å². The molecule has 76 heavy (non-hydrogen) atoms. The number of nitrogens with one attached hydrogen (secondary N) is 1. The molecule has 3 N–H and O–H groups in total. The van der Waals surface area contributed by atoms with Crippen molar-refractivity contribution in [3.63, 3.8) is 0 Å². The molecule has 1 amide bonds. The maximum atomic E-state index is 12.5. The van der Waals surface area contributed by atoms with E-state index in [0.29, 0.717) is 25.9 Å². The van der Waals surface area contributed by atoms with Gasteiger partial charge in [0.15, 0.2) is 0 Å². The highest BCUT2D eigenvalue weighted by atomic mass is 16.5. The van der Waals surface area contributed by atoms with E-state index in [9.17, 15) is 19.8 Å². The first-order valence-corrected chi connectivity index (χ1v) is 35.3. The number of rotatable bonds is 67. The van der Waals surface area contributed by atoms with Crippen LogP contribution in [-0.2, 0) is 14.3 Å². The van der Waals surface area contributed by atoms with Gasteiger partial charge in [-0.15, -0.1) is 0 Å². The van der Waals surface area contributed by atoms with Crippen molar-refractivity contribution in [3.8, 4) is 0 Å². The molecule has 0 radical (unpaired) electrons. The molecule has 6 heteroatoms. The summed E-state index contributed by atoms with van der Waals surface area (Å²) in [5.41, 5.74) is 0. The molecule has 0 aromatic heterocycles. The van der Waals surface area contributed by atoms with Gasteiger partial charge < -0.3 is 20.3 Å². The highest BCUT2D eigenvalue weighted by molar-refractivity contribution is 5.76. The van der Waals surface area contributed by atoms with Gasteiger partial charge in [-0.2, -0.15) is 0 Å². The first kappa shape index (κ1) is 74.9. The van der Waals surface area contributed by atoms with Crippen molar-refractivity contribution in [2.75, 3.05) is 13.2 Å². The van der Waals surface area contributed by atoms with E-state index in [4.69, 9.17) is 4.74 Å². The highest BCUT2D eigenvalue weighted by Gasteiger charge is 2.20. The monoisotopic (exact) mass is 1070 g/mol. The van der Waals surface area contributed by atoms with Crippen LogP contribution in [-0.4, -0.2) is 47.4 Å². The Balaban J connectivity index is 3.34. The summed E-state index contributed by atoms with van der Waals surface area (Å²) >= 11 is 0. The van der Waals surface area contributed by atoms with Crippen LogP contribution in [0.25, 0.3) is 0 Å². The molecule has 0 heterocycles. The van der Waals surface area contributed by atoms with Gasteiger partial charge in [-0.3, -0.25) is 9.59 Å². The maximum absolute atomic E-state index is 12.5. The number of carbonyl (C=O) groups is 2. The summed E-state index contributed by atoms with van der Waals surface area (Å²) in [5.74, 6) is -0.00836. The minimum absolute atomic E-state index is 0.0204. The molecule has 0 spiro atoms. The third-order valence-corrected chi connectivity index (χ3v) is 16.9. The van der Waals surface area contributed by atoms with Crippen molar-refractivity contribution in [2.24, 2.45) is 0 Å². The zero-order chi connectivity index (χ0) is 55.0. The van der Waals surface area contributed by atoms with Gasteiger partial charge in [0.05, 0.1) is 25.4 Å². The predicted molar refractivity (Wildman–Crippen MR) is 334 cm³/mol. The van der Waals surface area contributed by atoms with Crippen LogP contribution < -0.4 is 5.32 Å². The third kappa shape index (κ3) is 62.1. The Morgan fingerprint density at radius 2 is 0.539 bits per heavy atom. The van der Waals surface area contributed by atoms with Crippen molar-refractivity contribution in [1.29, 1.82) is 0 Å².